The molecule has 0 aliphatic heterocycles. The topological polar surface area (TPSA) is 38.1 Å². The third kappa shape index (κ3) is 2.84. The van der Waals surface area contributed by atoms with Crippen molar-refractivity contribution in [3.63, 3.8) is 0 Å². The molecule has 0 aromatic carbocycles. The highest BCUT2D eigenvalue weighted by atomic mass is 35.5. The van der Waals surface area contributed by atoms with Crippen LogP contribution in [0.2, 0.25) is 5.02 Å². The van der Waals surface area contributed by atoms with E-state index >= 15 is 0 Å². The largest absolute Gasteiger partial charge is 0.465 e. The van der Waals surface area contributed by atoms with Gasteiger partial charge in [0, 0.05) is 18.9 Å². The van der Waals surface area contributed by atoms with Crippen LogP contribution in [-0.4, -0.2) is 4.98 Å². The lowest BCUT2D eigenvalue weighted by molar-refractivity contribution is 0.461. The van der Waals surface area contributed by atoms with Gasteiger partial charge in [0.1, 0.15) is 11.5 Å². The highest BCUT2D eigenvalue weighted by Gasteiger charge is 2.01. The summed E-state index contributed by atoms with van der Waals surface area (Å²) in [4.78, 5) is 3.94. The van der Waals surface area contributed by atoms with Crippen LogP contribution in [0.25, 0.3) is 0 Å². The van der Waals surface area contributed by atoms with E-state index in [-0.39, 0.29) is 0 Å². The molecule has 0 atom stereocenters. The van der Waals surface area contributed by atoms with Gasteiger partial charge in [0.2, 0.25) is 0 Å². The van der Waals surface area contributed by atoms with E-state index in [0.717, 1.165) is 17.1 Å². The van der Waals surface area contributed by atoms with E-state index in [2.05, 4.69) is 10.3 Å². The van der Waals surface area contributed by atoms with E-state index in [1.54, 1.807) is 12.4 Å². The first-order valence-electron chi connectivity index (χ1n) is 5.10. The molecule has 0 saturated carbocycles. The van der Waals surface area contributed by atoms with Gasteiger partial charge >= 0.3 is 0 Å². The second-order valence-corrected chi connectivity index (χ2v) is 3.99. The van der Waals surface area contributed by atoms with E-state index in [4.69, 9.17) is 16.0 Å². The molecule has 4 heteroatoms. The number of hydrogen-bond acceptors (Lipinski definition) is 3. The molecule has 2 heterocycles. The summed E-state index contributed by atoms with van der Waals surface area (Å²) in [5.74, 6) is 1.86. The fourth-order valence-corrected chi connectivity index (χ4v) is 1.63. The number of rotatable bonds is 4. The molecule has 3 nitrogen and oxygen atoms in total. The lowest BCUT2D eigenvalue weighted by atomic mass is 10.2. The first-order chi connectivity index (χ1) is 7.75. The Morgan fingerprint density at radius 1 is 1.31 bits per heavy atom. The summed E-state index contributed by atoms with van der Waals surface area (Å²) in [7, 11) is 0. The third-order valence-electron chi connectivity index (χ3n) is 2.27. The van der Waals surface area contributed by atoms with Crippen LogP contribution in [0, 0.1) is 6.92 Å². The predicted molar refractivity (Wildman–Crippen MR) is 63.2 cm³/mol. The molecule has 0 unspecified atom stereocenters. The van der Waals surface area contributed by atoms with E-state index in [1.165, 1.54) is 0 Å². The average molecular weight is 237 g/mol. The molecule has 0 saturated heterocycles. The Hall–Kier alpha value is -1.32. The average Bonchev–Trinajstić information content (AvgIpc) is 2.67. The minimum atomic E-state index is 0.686. The maximum absolute atomic E-state index is 5.98. The summed E-state index contributed by atoms with van der Waals surface area (Å²) < 4.78 is 5.44. The second-order valence-electron chi connectivity index (χ2n) is 3.58. The maximum atomic E-state index is 5.98. The van der Waals surface area contributed by atoms with Crippen molar-refractivity contribution < 1.29 is 4.42 Å². The van der Waals surface area contributed by atoms with Crippen LogP contribution in [0.15, 0.2) is 35.0 Å². The standard InChI is InChI=1S/C12H13ClN2O/c1-9-2-3-11(16-9)7-15-6-10-4-5-14-8-12(10)13/h2-5,8,15H,6-7H2,1H3. The van der Waals surface area contributed by atoms with Crippen molar-refractivity contribution in [2.45, 2.75) is 20.0 Å². The monoisotopic (exact) mass is 236 g/mol. The zero-order valence-electron chi connectivity index (χ0n) is 9.03. The van der Waals surface area contributed by atoms with Gasteiger partial charge in [0.15, 0.2) is 0 Å². The van der Waals surface area contributed by atoms with Gasteiger partial charge in [-0.15, -0.1) is 0 Å². The highest BCUT2D eigenvalue weighted by Crippen LogP contribution is 2.13. The molecule has 0 bridgehead atoms. The summed E-state index contributed by atoms with van der Waals surface area (Å²) in [6.07, 6.45) is 3.38. The van der Waals surface area contributed by atoms with E-state index in [0.29, 0.717) is 18.1 Å². The zero-order chi connectivity index (χ0) is 11.4. The number of pyridine rings is 1. The van der Waals surface area contributed by atoms with Gasteiger partial charge in [-0.1, -0.05) is 11.6 Å². The van der Waals surface area contributed by atoms with Crippen molar-refractivity contribution in [1.82, 2.24) is 10.3 Å². The normalized spacial score (nSPS) is 10.6. The van der Waals surface area contributed by atoms with Crippen molar-refractivity contribution >= 4 is 11.6 Å². The number of aromatic nitrogens is 1. The van der Waals surface area contributed by atoms with Gasteiger partial charge < -0.3 is 9.73 Å². The molecule has 0 radical (unpaired) electrons. The lowest BCUT2D eigenvalue weighted by Gasteiger charge is -2.04. The van der Waals surface area contributed by atoms with Gasteiger partial charge in [0.25, 0.3) is 0 Å². The van der Waals surface area contributed by atoms with Crippen LogP contribution in [0.1, 0.15) is 17.1 Å². The number of aryl methyl sites for hydroxylation is 1. The number of nitrogens with one attached hydrogen (secondary N) is 1. The Labute approximate surface area is 99.5 Å². The Kier molecular flexibility index (Phi) is 3.59. The van der Waals surface area contributed by atoms with Gasteiger partial charge in [-0.25, -0.2) is 0 Å². The molecular weight excluding hydrogens is 224 g/mol. The smallest absolute Gasteiger partial charge is 0.117 e. The number of nitrogens with zero attached hydrogens (tertiary/aromatic N) is 1. The van der Waals surface area contributed by atoms with Crippen molar-refractivity contribution in [2.24, 2.45) is 0 Å². The van der Waals surface area contributed by atoms with Crippen molar-refractivity contribution in [2.75, 3.05) is 0 Å². The summed E-state index contributed by atoms with van der Waals surface area (Å²) in [5, 5.41) is 3.95. The fourth-order valence-electron chi connectivity index (χ4n) is 1.45. The summed E-state index contributed by atoms with van der Waals surface area (Å²) in [6, 6.07) is 5.83. The summed E-state index contributed by atoms with van der Waals surface area (Å²) in [5.41, 5.74) is 1.04. The van der Waals surface area contributed by atoms with Crippen LogP contribution >= 0.6 is 11.6 Å². The second kappa shape index (κ2) is 5.14. The molecule has 0 amide bonds. The minimum Gasteiger partial charge on any atom is -0.465 e. The van der Waals surface area contributed by atoms with Crippen LogP contribution in [0.4, 0.5) is 0 Å². The molecule has 2 aromatic heterocycles. The molecule has 0 fully saturated rings. The number of halogens is 1. The van der Waals surface area contributed by atoms with Crippen LogP contribution < -0.4 is 5.32 Å². The van der Waals surface area contributed by atoms with Crippen molar-refractivity contribution in [3.05, 3.63) is 52.7 Å². The van der Waals surface area contributed by atoms with E-state index in [9.17, 15) is 0 Å². The van der Waals surface area contributed by atoms with Gasteiger partial charge in [-0.2, -0.15) is 0 Å². The zero-order valence-corrected chi connectivity index (χ0v) is 9.79. The number of furan rings is 1. The lowest BCUT2D eigenvalue weighted by Crippen LogP contribution is -2.12. The summed E-state index contributed by atoms with van der Waals surface area (Å²) >= 11 is 5.98. The highest BCUT2D eigenvalue weighted by molar-refractivity contribution is 6.31. The van der Waals surface area contributed by atoms with Crippen LogP contribution in [0.5, 0.6) is 0 Å². The summed E-state index contributed by atoms with van der Waals surface area (Å²) in [6.45, 7) is 3.34. The molecule has 16 heavy (non-hydrogen) atoms. The number of hydrogen-bond donors (Lipinski definition) is 1. The van der Waals surface area contributed by atoms with Gasteiger partial charge in [-0.3, -0.25) is 4.98 Å². The van der Waals surface area contributed by atoms with Crippen molar-refractivity contribution in [1.29, 1.82) is 0 Å². The molecule has 84 valence electrons. The van der Waals surface area contributed by atoms with Crippen LogP contribution in [0.3, 0.4) is 0 Å². The molecule has 0 aliphatic rings. The van der Waals surface area contributed by atoms with Gasteiger partial charge in [-0.05, 0) is 30.7 Å². The molecular formula is C12H13ClN2O. The van der Waals surface area contributed by atoms with Crippen molar-refractivity contribution in [3.8, 4) is 0 Å². The SMILES string of the molecule is Cc1ccc(CNCc2ccncc2Cl)o1. The van der Waals surface area contributed by atoms with E-state index < -0.39 is 0 Å². The molecule has 1 N–H and O–H groups in total. The maximum Gasteiger partial charge on any atom is 0.117 e. The third-order valence-corrected chi connectivity index (χ3v) is 2.61. The first kappa shape index (κ1) is 11.2. The van der Waals surface area contributed by atoms with Crippen LogP contribution in [-0.2, 0) is 13.1 Å². The predicted octanol–water partition coefficient (Wildman–Crippen LogP) is 2.93. The molecule has 0 spiro atoms. The first-order valence-corrected chi connectivity index (χ1v) is 5.48. The Morgan fingerprint density at radius 3 is 2.88 bits per heavy atom. The quantitative estimate of drug-likeness (QED) is 0.887. The van der Waals surface area contributed by atoms with E-state index in [1.807, 2.05) is 25.1 Å². The van der Waals surface area contributed by atoms with Gasteiger partial charge in [0.05, 0.1) is 11.6 Å². The molecule has 2 aromatic rings. The minimum absolute atomic E-state index is 0.686. The Bertz CT molecular complexity index is 468. The fraction of sp³-hybridized carbons (Fsp3) is 0.250. The Morgan fingerprint density at radius 2 is 2.19 bits per heavy atom. The Balaban J connectivity index is 1.87. The molecule has 0 aliphatic carbocycles. The molecule has 2 rings (SSSR count).